The van der Waals surface area contributed by atoms with Gasteiger partial charge in [-0.1, -0.05) is 0 Å². The van der Waals surface area contributed by atoms with Crippen molar-refractivity contribution in [2.24, 2.45) is 0 Å². The average molecular weight is 491 g/mol. The Bertz CT molecular complexity index is 1660. The first-order valence-electron chi connectivity index (χ1n) is 12.9. The van der Waals surface area contributed by atoms with Crippen molar-refractivity contribution in [3.63, 3.8) is 0 Å². The van der Waals surface area contributed by atoms with Gasteiger partial charge in [-0.3, -0.25) is 13.7 Å². The van der Waals surface area contributed by atoms with Gasteiger partial charge in [-0.25, -0.2) is 15.0 Å². The molecule has 0 spiro atoms. The van der Waals surface area contributed by atoms with Crippen LogP contribution in [0, 0.1) is 62.3 Å². The molecule has 0 amide bonds. The van der Waals surface area contributed by atoms with Gasteiger partial charge in [0.15, 0.2) is 6.29 Å². The van der Waals surface area contributed by atoms with E-state index in [0.29, 0.717) is 0 Å². The highest BCUT2D eigenvalue weighted by Crippen LogP contribution is 2.34. The van der Waals surface area contributed by atoms with Gasteiger partial charge < -0.3 is 0 Å². The highest BCUT2D eigenvalue weighted by atomic mass is 15.4. The molecule has 3 aromatic heterocycles. The van der Waals surface area contributed by atoms with E-state index >= 15 is 0 Å². The molecule has 6 heteroatoms. The summed E-state index contributed by atoms with van der Waals surface area (Å²) in [4.78, 5) is 15.1. The van der Waals surface area contributed by atoms with Gasteiger partial charge >= 0.3 is 0 Å². The predicted octanol–water partition coefficient (Wildman–Crippen LogP) is 7.06. The van der Waals surface area contributed by atoms with Crippen LogP contribution in [0.1, 0.15) is 57.1 Å². The Balaban J connectivity index is 1.79. The molecular formula is C31H34N6. The highest BCUT2D eigenvalue weighted by Gasteiger charge is 2.28. The number of aryl methyl sites for hydroxylation is 9. The molecular weight excluding hydrogens is 456 g/mol. The smallest absolute Gasteiger partial charge is 0.197 e. The highest BCUT2D eigenvalue weighted by molar-refractivity contribution is 5.82. The molecule has 0 aliphatic heterocycles. The van der Waals surface area contributed by atoms with Crippen LogP contribution < -0.4 is 0 Å². The first-order valence-corrected chi connectivity index (χ1v) is 12.9. The monoisotopic (exact) mass is 490 g/mol. The molecule has 0 bridgehead atoms. The van der Waals surface area contributed by atoms with Gasteiger partial charge in [0.05, 0.1) is 33.1 Å². The number of rotatable bonds is 3. The Morgan fingerprint density at radius 2 is 0.649 bits per heavy atom. The summed E-state index contributed by atoms with van der Waals surface area (Å²) < 4.78 is 7.07. The summed E-state index contributed by atoms with van der Waals surface area (Å²) in [7, 11) is 0. The molecule has 3 heterocycles. The van der Waals surface area contributed by atoms with Crippen LogP contribution in [0.4, 0.5) is 0 Å². The Hall–Kier alpha value is -3.93. The largest absolute Gasteiger partial charge is 0.288 e. The molecule has 0 aliphatic rings. The lowest BCUT2D eigenvalue weighted by molar-refractivity contribution is 0.375. The van der Waals surface area contributed by atoms with Gasteiger partial charge in [0, 0.05) is 0 Å². The van der Waals surface area contributed by atoms with Crippen LogP contribution in [0.15, 0.2) is 36.4 Å². The van der Waals surface area contributed by atoms with E-state index in [9.17, 15) is 0 Å². The third kappa shape index (κ3) is 3.42. The second kappa shape index (κ2) is 8.04. The van der Waals surface area contributed by atoms with Crippen molar-refractivity contribution in [2.75, 3.05) is 0 Å². The Labute approximate surface area is 217 Å². The van der Waals surface area contributed by atoms with Gasteiger partial charge in [-0.2, -0.15) is 0 Å². The summed E-state index contributed by atoms with van der Waals surface area (Å²) in [6.07, 6.45) is -0.258. The van der Waals surface area contributed by atoms with Gasteiger partial charge in [0.1, 0.15) is 17.5 Å². The summed E-state index contributed by atoms with van der Waals surface area (Å²) >= 11 is 0. The topological polar surface area (TPSA) is 53.5 Å². The normalized spacial score (nSPS) is 12.2. The third-order valence-electron chi connectivity index (χ3n) is 8.14. The van der Waals surface area contributed by atoms with E-state index in [1.807, 2.05) is 0 Å². The molecule has 3 aromatic carbocycles. The molecule has 6 rings (SSSR count). The van der Waals surface area contributed by atoms with Crippen molar-refractivity contribution in [1.29, 1.82) is 0 Å². The summed E-state index contributed by atoms with van der Waals surface area (Å²) in [5.74, 6) is 2.88. The number of benzene rings is 3. The van der Waals surface area contributed by atoms with Gasteiger partial charge in [-0.05, 0) is 132 Å². The lowest BCUT2D eigenvalue weighted by atomic mass is 10.1. The second-order valence-electron chi connectivity index (χ2n) is 10.7. The zero-order chi connectivity index (χ0) is 26.3. The SMILES string of the molecule is Cc1cc2nc(C)n(C(n3c(C)nc4cc(C)c(C)cc43)n3c(C)nc4cc(C)c(C)cc43)c2cc1C. The molecule has 6 aromatic rings. The molecule has 6 nitrogen and oxygen atoms in total. The average Bonchev–Trinajstić information content (AvgIpc) is 3.41. The molecule has 188 valence electrons. The fourth-order valence-corrected chi connectivity index (χ4v) is 5.63. The number of fused-ring (bicyclic) bond motifs is 3. The minimum absolute atomic E-state index is 0.258. The minimum atomic E-state index is -0.258. The van der Waals surface area contributed by atoms with Crippen LogP contribution in [0.2, 0.25) is 0 Å². The summed E-state index contributed by atoms with van der Waals surface area (Å²) in [5, 5.41) is 0. The third-order valence-corrected chi connectivity index (χ3v) is 8.14. The molecule has 0 saturated heterocycles. The lowest BCUT2D eigenvalue weighted by Crippen LogP contribution is -2.28. The quantitative estimate of drug-likeness (QED) is 0.267. The van der Waals surface area contributed by atoms with Crippen LogP contribution >= 0.6 is 0 Å². The van der Waals surface area contributed by atoms with Crippen molar-refractivity contribution < 1.29 is 0 Å². The number of hydrogen-bond acceptors (Lipinski definition) is 3. The molecule has 0 unspecified atom stereocenters. The van der Waals surface area contributed by atoms with E-state index in [0.717, 1.165) is 50.6 Å². The van der Waals surface area contributed by atoms with E-state index in [1.165, 1.54) is 33.4 Å². The molecule has 0 saturated carbocycles. The van der Waals surface area contributed by atoms with E-state index in [4.69, 9.17) is 15.0 Å². The Morgan fingerprint density at radius 3 is 0.919 bits per heavy atom. The van der Waals surface area contributed by atoms with Crippen LogP contribution in [-0.2, 0) is 0 Å². The fraction of sp³-hybridized carbons (Fsp3) is 0.323. The summed E-state index contributed by atoms with van der Waals surface area (Å²) in [6.45, 7) is 19.3. The first kappa shape index (κ1) is 23.5. The fourth-order valence-electron chi connectivity index (χ4n) is 5.63. The molecule has 0 radical (unpaired) electrons. The van der Waals surface area contributed by atoms with Gasteiger partial charge in [0.25, 0.3) is 0 Å². The molecule has 37 heavy (non-hydrogen) atoms. The van der Waals surface area contributed by atoms with E-state index in [-0.39, 0.29) is 6.29 Å². The summed E-state index contributed by atoms with van der Waals surface area (Å²) in [5.41, 5.74) is 13.9. The zero-order valence-corrected chi connectivity index (χ0v) is 23.2. The number of hydrogen-bond donors (Lipinski definition) is 0. The maximum Gasteiger partial charge on any atom is 0.197 e. The maximum absolute atomic E-state index is 5.03. The molecule has 0 atom stereocenters. The van der Waals surface area contributed by atoms with Crippen molar-refractivity contribution in [3.05, 3.63) is 87.3 Å². The Morgan fingerprint density at radius 1 is 0.405 bits per heavy atom. The first-order chi connectivity index (χ1) is 17.5. The second-order valence-corrected chi connectivity index (χ2v) is 10.7. The number of nitrogens with zero attached hydrogens (tertiary/aromatic N) is 6. The van der Waals surface area contributed by atoms with Crippen LogP contribution in [-0.4, -0.2) is 28.7 Å². The van der Waals surface area contributed by atoms with Crippen LogP contribution in [0.5, 0.6) is 0 Å². The number of aromatic nitrogens is 6. The van der Waals surface area contributed by atoms with Gasteiger partial charge in [-0.15, -0.1) is 0 Å². The zero-order valence-electron chi connectivity index (χ0n) is 23.2. The molecule has 0 N–H and O–H groups in total. The molecule has 0 aliphatic carbocycles. The van der Waals surface area contributed by atoms with Crippen molar-refractivity contribution in [2.45, 2.75) is 68.6 Å². The van der Waals surface area contributed by atoms with Crippen LogP contribution in [0.3, 0.4) is 0 Å². The minimum Gasteiger partial charge on any atom is -0.288 e. The van der Waals surface area contributed by atoms with Crippen LogP contribution in [0.25, 0.3) is 33.1 Å². The van der Waals surface area contributed by atoms with Crippen molar-refractivity contribution >= 4 is 33.1 Å². The van der Waals surface area contributed by atoms with Crippen molar-refractivity contribution in [3.8, 4) is 0 Å². The van der Waals surface area contributed by atoms with E-state index in [2.05, 4.69) is 112 Å². The maximum atomic E-state index is 5.03. The summed E-state index contributed by atoms with van der Waals surface area (Å²) in [6, 6.07) is 13.4. The Kier molecular flexibility index (Phi) is 5.10. The van der Waals surface area contributed by atoms with E-state index in [1.54, 1.807) is 0 Å². The van der Waals surface area contributed by atoms with E-state index < -0.39 is 0 Å². The standard InChI is InChI=1S/C31H34N6/c1-16-10-25-28(13-19(16)4)35(22(7)32-25)31(36-23(8)33-26-11-17(2)20(5)14-29(26)36)37-24(9)34-27-12-18(3)21(6)15-30(27)37/h10-15,31H,1-9H3. The van der Waals surface area contributed by atoms with Crippen molar-refractivity contribution in [1.82, 2.24) is 28.7 Å². The predicted molar refractivity (Wildman–Crippen MR) is 152 cm³/mol. The lowest BCUT2D eigenvalue weighted by Gasteiger charge is -2.28. The number of imidazole rings is 3. The molecule has 0 fully saturated rings. The van der Waals surface area contributed by atoms with Gasteiger partial charge in [0.2, 0.25) is 0 Å².